The van der Waals surface area contributed by atoms with Crippen molar-refractivity contribution in [1.29, 1.82) is 0 Å². The number of piperidine rings is 1. The Morgan fingerprint density at radius 1 is 0.944 bits per heavy atom. The SMILES string of the molecule is CN1CCC(c2ccc(C(=O)O)c(N(C(=O)C(F)(F)F)C3CCOCC3)c2)CC1.O=C(O)C(F)(F)F. The maximum absolute atomic E-state index is 13.4. The Balaban J connectivity index is 0.000000572. The van der Waals surface area contributed by atoms with Crippen molar-refractivity contribution >= 4 is 23.5 Å². The molecule has 0 bridgehead atoms. The lowest BCUT2D eigenvalue weighted by Crippen LogP contribution is -2.50. The van der Waals surface area contributed by atoms with E-state index in [0.29, 0.717) is 4.90 Å². The second-order valence-corrected chi connectivity index (χ2v) is 8.48. The molecule has 0 radical (unpaired) electrons. The largest absolute Gasteiger partial charge is 0.490 e. The number of rotatable bonds is 4. The molecule has 2 heterocycles. The van der Waals surface area contributed by atoms with Gasteiger partial charge in [-0.2, -0.15) is 26.3 Å². The number of halogens is 6. The molecule has 0 saturated carbocycles. The first-order valence-electron chi connectivity index (χ1n) is 11.0. The minimum Gasteiger partial charge on any atom is -0.478 e. The molecule has 3 rings (SSSR count). The predicted molar refractivity (Wildman–Crippen MR) is 114 cm³/mol. The van der Waals surface area contributed by atoms with Crippen molar-refractivity contribution in [3.63, 3.8) is 0 Å². The number of amides is 1. The third-order valence-electron chi connectivity index (χ3n) is 5.96. The van der Waals surface area contributed by atoms with Gasteiger partial charge in [0.05, 0.1) is 11.3 Å². The number of aliphatic carboxylic acids is 1. The van der Waals surface area contributed by atoms with E-state index in [0.717, 1.165) is 31.5 Å². The van der Waals surface area contributed by atoms with Crippen molar-refractivity contribution in [2.24, 2.45) is 0 Å². The molecule has 2 N–H and O–H groups in total. The normalized spacial score (nSPS) is 18.2. The van der Waals surface area contributed by atoms with E-state index in [1.165, 1.54) is 12.1 Å². The van der Waals surface area contributed by atoms with Crippen LogP contribution in [0.3, 0.4) is 0 Å². The van der Waals surface area contributed by atoms with Crippen molar-refractivity contribution in [3.8, 4) is 0 Å². The average Bonchev–Trinajstić information content (AvgIpc) is 2.79. The monoisotopic (exact) mass is 528 g/mol. The number of likely N-dealkylation sites (tertiary alicyclic amines) is 1. The van der Waals surface area contributed by atoms with E-state index in [2.05, 4.69) is 4.90 Å². The Bertz CT molecular complexity index is 938. The number of carbonyl (C=O) groups is 3. The molecule has 0 aromatic heterocycles. The summed E-state index contributed by atoms with van der Waals surface area (Å²) in [6.45, 7) is 2.16. The quantitative estimate of drug-likeness (QED) is 0.571. The van der Waals surface area contributed by atoms with E-state index in [9.17, 15) is 41.0 Å². The lowest BCUT2D eigenvalue weighted by atomic mass is 9.88. The fraction of sp³-hybridized carbons (Fsp3) is 0.591. The van der Waals surface area contributed by atoms with Crippen LogP contribution in [0.15, 0.2) is 18.2 Å². The molecule has 2 saturated heterocycles. The summed E-state index contributed by atoms with van der Waals surface area (Å²) in [5.41, 5.74) is 0.291. The highest BCUT2D eigenvalue weighted by molar-refractivity contribution is 6.04. The van der Waals surface area contributed by atoms with Gasteiger partial charge in [-0.3, -0.25) is 4.79 Å². The molecule has 202 valence electrons. The fourth-order valence-electron chi connectivity index (χ4n) is 4.08. The number of benzene rings is 1. The second kappa shape index (κ2) is 11.9. The van der Waals surface area contributed by atoms with Crippen LogP contribution in [0.25, 0.3) is 0 Å². The Morgan fingerprint density at radius 2 is 1.47 bits per heavy atom. The van der Waals surface area contributed by atoms with Crippen molar-refractivity contribution in [1.82, 2.24) is 4.90 Å². The first-order chi connectivity index (χ1) is 16.6. The molecule has 0 spiro atoms. The number of carboxylic acids is 2. The number of nitrogens with zero attached hydrogens (tertiary/aromatic N) is 2. The summed E-state index contributed by atoms with van der Waals surface area (Å²) in [6, 6.07) is 3.69. The van der Waals surface area contributed by atoms with Gasteiger partial charge in [0.15, 0.2) is 0 Å². The number of ether oxygens (including phenoxy) is 1. The zero-order chi connectivity index (χ0) is 27.3. The van der Waals surface area contributed by atoms with Crippen molar-refractivity contribution in [3.05, 3.63) is 29.3 Å². The van der Waals surface area contributed by atoms with Crippen LogP contribution in [0.1, 0.15) is 47.5 Å². The molecular formula is C22H26F6N2O6. The summed E-state index contributed by atoms with van der Waals surface area (Å²) in [5.74, 6) is -6.03. The van der Waals surface area contributed by atoms with Crippen LogP contribution in [-0.2, 0) is 14.3 Å². The zero-order valence-electron chi connectivity index (χ0n) is 19.2. The maximum atomic E-state index is 13.4. The summed E-state index contributed by atoms with van der Waals surface area (Å²) >= 11 is 0. The van der Waals surface area contributed by atoms with E-state index in [1.54, 1.807) is 6.07 Å². The smallest absolute Gasteiger partial charge is 0.478 e. The van der Waals surface area contributed by atoms with Crippen LogP contribution >= 0.6 is 0 Å². The highest BCUT2D eigenvalue weighted by Crippen LogP contribution is 2.36. The number of anilines is 1. The molecule has 36 heavy (non-hydrogen) atoms. The minimum atomic E-state index is -5.10. The summed E-state index contributed by atoms with van der Waals surface area (Å²) in [5, 5.41) is 16.7. The Kier molecular flexibility index (Phi) is 9.71. The van der Waals surface area contributed by atoms with Gasteiger partial charge in [-0.1, -0.05) is 6.07 Å². The van der Waals surface area contributed by atoms with Crippen LogP contribution in [0.4, 0.5) is 32.0 Å². The highest BCUT2D eigenvalue weighted by atomic mass is 19.4. The van der Waals surface area contributed by atoms with E-state index in [1.807, 2.05) is 7.05 Å². The summed E-state index contributed by atoms with van der Waals surface area (Å²) in [4.78, 5) is 35.8. The first-order valence-corrected chi connectivity index (χ1v) is 11.0. The van der Waals surface area contributed by atoms with Crippen LogP contribution in [0.5, 0.6) is 0 Å². The van der Waals surface area contributed by atoms with Gasteiger partial charge in [0.1, 0.15) is 0 Å². The molecule has 1 aromatic rings. The number of carboxylic acid groups (broad SMARTS) is 2. The molecule has 0 atom stereocenters. The molecule has 2 fully saturated rings. The highest BCUT2D eigenvalue weighted by Gasteiger charge is 2.46. The van der Waals surface area contributed by atoms with Crippen LogP contribution in [0.2, 0.25) is 0 Å². The third-order valence-corrected chi connectivity index (χ3v) is 5.96. The van der Waals surface area contributed by atoms with E-state index in [4.69, 9.17) is 14.6 Å². The molecular weight excluding hydrogens is 502 g/mol. The third kappa shape index (κ3) is 7.82. The topological polar surface area (TPSA) is 107 Å². The van der Waals surface area contributed by atoms with Gasteiger partial charge in [0.25, 0.3) is 0 Å². The molecule has 1 amide bonds. The molecule has 2 aliphatic heterocycles. The van der Waals surface area contributed by atoms with Gasteiger partial charge in [0, 0.05) is 19.3 Å². The number of hydrogen-bond acceptors (Lipinski definition) is 5. The van der Waals surface area contributed by atoms with E-state index in [-0.39, 0.29) is 43.2 Å². The maximum Gasteiger partial charge on any atom is 0.490 e. The van der Waals surface area contributed by atoms with Gasteiger partial charge in [0.2, 0.25) is 0 Å². The molecule has 2 aliphatic rings. The van der Waals surface area contributed by atoms with E-state index < -0.39 is 36.2 Å². The fourth-order valence-corrected chi connectivity index (χ4v) is 4.08. The summed E-state index contributed by atoms with van der Waals surface area (Å²) in [6.07, 6.45) is -8.09. The minimum absolute atomic E-state index is 0.116. The van der Waals surface area contributed by atoms with Crippen LogP contribution < -0.4 is 4.90 Å². The second-order valence-electron chi connectivity index (χ2n) is 8.48. The van der Waals surface area contributed by atoms with Crippen molar-refractivity contribution in [2.45, 2.75) is 50.0 Å². The Labute approximate surface area is 202 Å². The van der Waals surface area contributed by atoms with Gasteiger partial charge in [-0.25, -0.2) is 9.59 Å². The molecule has 0 aliphatic carbocycles. The summed E-state index contributed by atoms with van der Waals surface area (Å²) in [7, 11) is 2.00. The lowest BCUT2D eigenvalue weighted by molar-refractivity contribution is -0.192. The standard InChI is InChI=1S/C20H25F3N2O4.C2HF3O2/c1-24-8-4-13(5-9-24)14-2-3-16(18(26)27)17(12-14)25(19(28)20(21,22)23)15-6-10-29-11-7-15;3-2(4,5)1(6)7/h2-3,12-13,15H,4-11H2,1H3,(H,26,27);(H,6,7). The number of hydrogen-bond donors (Lipinski definition) is 2. The van der Waals surface area contributed by atoms with Crippen molar-refractivity contribution in [2.75, 3.05) is 38.3 Å². The lowest BCUT2D eigenvalue weighted by Gasteiger charge is -2.36. The first kappa shape index (κ1) is 29.4. The number of alkyl halides is 6. The Hall–Kier alpha value is -2.87. The summed E-state index contributed by atoms with van der Waals surface area (Å²) < 4.78 is 77.1. The number of carbonyl (C=O) groups excluding carboxylic acids is 1. The van der Waals surface area contributed by atoms with Crippen LogP contribution in [0, 0.1) is 0 Å². The number of aromatic carboxylic acids is 1. The molecule has 14 heteroatoms. The van der Waals surface area contributed by atoms with Gasteiger partial charge < -0.3 is 24.7 Å². The molecule has 1 aromatic carbocycles. The van der Waals surface area contributed by atoms with Gasteiger partial charge >= 0.3 is 30.2 Å². The predicted octanol–water partition coefficient (Wildman–Crippen LogP) is 3.90. The molecule has 0 unspecified atom stereocenters. The van der Waals surface area contributed by atoms with Gasteiger partial charge in [-0.15, -0.1) is 0 Å². The average molecular weight is 528 g/mol. The Morgan fingerprint density at radius 3 is 1.92 bits per heavy atom. The zero-order valence-corrected chi connectivity index (χ0v) is 19.2. The van der Waals surface area contributed by atoms with Crippen molar-refractivity contribution < 1.29 is 55.7 Å². The van der Waals surface area contributed by atoms with E-state index >= 15 is 0 Å². The van der Waals surface area contributed by atoms with Gasteiger partial charge in [-0.05, 0) is 69.4 Å². The molecule has 8 nitrogen and oxygen atoms in total. The van der Waals surface area contributed by atoms with Crippen LogP contribution in [-0.4, -0.2) is 84.7 Å².